The summed E-state index contributed by atoms with van der Waals surface area (Å²) in [5, 5.41) is 9.20. The molecule has 20 heavy (non-hydrogen) atoms. The molecule has 2 fully saturated rings. The van der Waals surface area contributed by atoms with E-state index in [-0.39, 0.29) is 16.6 Å². The second-order valence-corrected chi connectivity index (χ2v) is 7.41. The van der Waals surface area contributed by atoms with E-state index in [1.807, 2.05) is 0 Å². The molecule has 6 nitrogen and oxygen atoms in total. The minimum atomic E-state index is -3.55. The van der Waals surface area contributed by atoms with Gasteiger partial charge in [-0.3, -0.25) is 0 Å². The smallest absolute Gasteiger partial charge is 0.352 e. The lowest BCUT2D eigenvalue weighted by atomic mass is 10.2. The van der Waals surface area contributed by atoms with E-state index in [9.17, 15) is 18.3 Å². The normalized spacial score (nSPS) is 21.0. The van der Waals surface area contributed by atoms with Crippen molar-refractivity contribution >= 4 is 16.0 Å². The summed E-state index contributed by atoms with van der Waals surface area (Å²) < 4.78 is 28.1. The Balaban J connectivity index is 1.96. The number of nitrogens with zero attached hydrogens (tertiary/aromatic N) is 2. The lowest BCUT2D eigenvalue weighted by molar-refractivity contribution is 0.0685. The molecule has 0 unspecified atom stereocenters. The molecule has 1 aromatic rings. The molecule has 3 rings (SSSR count). The Morgan fingerprint density at radius 1 is 1.20 bits per heavy atom. The number of sulfonamides is 1. The van der Waals surface area contributed by atoms with Crippen molar-refractivity contribution < 1.29 is 18.3 Å². The van der Waals surface area contributed by atoms with Crippen LogP contribution in [0.2, 0.25) is 0 Å². The zero-order chi connectivity index (χ0) is 14.3. The first-order chi connectivity index (χ1) is 9.50. The molecule has 7 heteroatoms. The topological polar surface area (TPSA) is 79.6 Å². The Morgan fingerprint density at radius 2 is 1.85 bits per heavy atom. The molecule has 0 aromatic carbocycles. The summed E-state index contributed by atoms with van der Waals surface area (Å²) in [7, 11) is -3.55. The largest absolute Gasteiger partial charge is 0.477 e. The molecule has 1 N–H and O–H groups in total. The van der Waals surface area contributed by atoms with Crippen molar-refractivity contribution in [3.05, 3.63) is 18.0 Å². The number of hydrogen-bond donors (Lipinski definition) is 1. The van der Waals surface area contributed by atoms with Crippen LogP contribution in [0.5, 0.6) is 0 Å². The third-order valence-corrected chi connectivity index (χ3v) is 5.80. The maximum Gasteiger partial charge on any atom is 0.352 e. The van der Waals surface area contributed by atoms with Crippen LogP contribution in [-0.4, -0.2) is 41.5 Å². The predicted molar refractivity (Wildman–Crippen MR) is 72.3 cm³/mol. The molecule has 1 aliphatic carbocycles. The highest BCUT2D eigenvalue weighted by Gasteiger charge is 2.33. The van der Waals surface area contributed by atoms with Gasteiger partial charge in [0.15, 0.2) is 0 Å². The van der Waals surface area contributed by atoms with Gasteiger partial charge in [0.05, 0.1) is 0 Å². The molecular formula is C13H18N2O4S. The average Bonchev–Trinajstić information content (AvgIpc) is 3.17. The van der Waals surface area contributed by atoms with Crippen LogP contribution in [0.1, 0.15) is 48.6 Å². The lowest BCUT2D eigenvalue weighted by Gasteiger charge is -2.25. The zero-order valence-corrected chi connectivity index (χ0v) is 12.0. The molecule has 110 valence electrons. The van der Waals surface area contributed by atoms with Gasteiger partial charge >= 0.3 is 5.97 Å². The summed E-state index contributed by atoms with van der Waals surface area (Å²) >= 11 is 0. The van der Waals surface area contributed by atoms with Crippen LogP contribution < -0.4 is 0 Å². The zero-order valence-electron chi connectivity index (χ0n) is 11.2. The number of carbonyl (C=O) groups is 1. The Bertz CT molecular complexity index is 625. The highest BCUT2D eigenvalue weighted by Crippen LogP contribution is 2.37. The van der Waals surface area contributed by atoms with Gasteiger partial charge < -0.3 is 9.67 Å². The number of carboxylic acids is 1. The van der Waals surface area contributed by atoms with Gasteiger partial charge in [-0.05, 0) is 31.7 Å². The van der Waals surface area contributed by atoms with Gasteiger partial charge in [0.1, 0.15) is 10.6 Å². The average molecular weight is 298 g/mol. The summed E-state index contributed by atoms with van der Waals surface area (Å²) in [4.78, 5) is 11.4. The Labute approximate surface area is 118 Å². The SMILES string of the molecule is O=C(O)c1cc(S(=O)(=O)N2CCCCC2)cn1C1CC1. The van der Waals surface area contributed by atoms with Gasteiger partial charge in [0.25, 0.3) is 0 Å². The third kappa shape index (κ3) is 2.35. The first-order valence-electron chi connectivity index (χ1n) is 6.95. The second kappa shape index (κ2) is 4.89. The highest BCUT2D eigenvalue weighted by atomic mass is 32.2. The number of aromatic nitrogens is 1. The van der Waals surface area contributed by atoms with E-state index in [2.05, 4.69) is 0 Å². The fourth-order valence-corrected chi connectivity index (χ4v) is 4.22. The van der Waals surface area contributed by atoms with Crippen molar-refractivity contribution in [3.63, 3.8) is 0 Å². The van der Waals surface area contributed by atoms with Crippen LogP contribution in [0.15, 0.2) is 17.2 Å². The van der Waals surface area contributed by atoms with E-state index < -0.39 is 16.0 Å². The molecule has 2 heterocycles. The van der Waals surface area contributed by atoms with Gasteiger partial charge in [0, 0.05) is 25.3 Å². The number of rotatable bonds is 4. The Kier molecular flexibility index (Phi) is 3.33. The van der Waals surface area contributed by atoms with Crippen molar-refractivity contribution in [1.82, 2.24) is 8.87 Å². The first-order valence-corrected chi connectivity index (χ1v) is 8.39. The van der Waals surface area contributed by atoms with E-state index in [1.165, 1.54) is 16.6 Å². The van der Waals surface area contributed by atoms with Crippen LogP contribution >= 0.6 is 0 Å². The van der Waals surface area contributed by atoms with E-state index >= 15 is 0 Å². The molecule has 0 atom stereocenters. The van der Waals surface area contributed by atoms with Crippen LogP contribution in [-0.2, 0) is 10.0 Å². The van der Waals surface area contributed by atoms with Crippen LogP contribution in [0.25, 0.3) is 0 Å². The minimum Gasteiger partial charge on any atom is -0.477 e. The quantitative estimate of drug-likeness (QED) is 0.917. The van der Waals surface area contributed by atoms with Crippen LogP contribution in [0, 0.1) is 0 Å². The number of hydrogen-bond acceptors (Lipinski definition) is 3. The van der Waals surface area contributed by atoms with Gasteiger partial charge in [-0.2, -0.15) is 4.31 Å². The van der Waals surface area contributed by atoms with Gasteiger partial charge in [0.2, 0.25) is 10.0 Å². The molecule has 1 aliphatic heterocycles. The molecule has 0 radical (unpaired) electrons. The minimum absolute atomic E-state index is 0.0723. The van der Waals surface area contributed by atoms with E-state index in [0.717, 1.165) is 32.1 Å². The molecular weight excluding hydrogens is 280 g/mol. The van der Waals surface area contributed by atoms with Gasteiger partial charge in [-0.25, -0.2) is 13.2 Å². The number of piperidine rings is 1. The monoisotopic (exact) mass is 298 g/mol. The fourth-order valence-electron chi connectivity index (χ4n) is 2.68. The summed E-state index contributed by atoms with van der Waals surface area (Å²) in [6.07, 6.45) is 6.11. The summed E-state index contributed by atoms with van der Waals surface area (Å²) in [6.45, 7) is 1.05. The van der Waals surface area contributed by atoms with E-state index in [4.69, 9.17) is 0 Å². The molecule has 1 saturated carbocycles. The summed E-state index contributed by atoms with van der Waals surface area (Å²) in [6, 6.07) is 1.44. The third-order valence-electron chi connectivity index (χ3n) is 3.94. The maximum atomic E-state index is 12.5. The number of aromatic carboxylic acids is 1. The standard InChI is InChI=1S/C13H18N2O4S/c16-13(17)12-8-11(9-15(12)10-4-5-10)20(18,19)14-6-2-1-3-7-14/h8-10H,1-7H2,(H,16,17). The van der Waals surface area contributed by atoms with E-state index in [1.54, 1.807) is 4.57 Å². The summed E-state index contributed by atoms with van der Waals surface area (Å²) in [5.74, 6) is -1.07. The Morgan fingerprint density at radius 3 is 2.40 bits per heavy atom. The lowest BCUT2D eigenvalue weighted by Crippen LogP contribution is -2.35. The molecule has 0 spiro atoms. The first kappa shape index (κ1) is 13.6. The van der Waals surface area contributed by atoms with Gasteiger partial charge in [-0.1, -0.05) is 6.42 Å². The molecule has 0 bridgehead atoms. The second-order valence-electron chi connectivity index (χ2n) is 5.47. The van der Waals surface area contributed by atoms with Crippen molar-refractivity contribution in [2.24, 2.45) is 0 Å². The van der Waals surface area contributed by atoms with Crippen molar-refractivity contribution in [2.45, 2.75) is 43.0 Å². The van der Waals surface area contributed by atoms with Crippen molar-refractivity contribution in [2.75, 3.05) is 13.1 Å². The predicted octanol–water partition coefficient (Wildman–Crippen LogP) is 1.70. The van der Waals surface area contributed by atoms with Crippen molar-refractivity contribution in [1.29, 1.82) is 0 Å². The highest BCUT2D eigenvalue weighted by molar-refractivity contribution is 7.89. The van der Waals surface area contributed by atoms with E-state index in [0.29, 0.717) is 13.1 Å². The maximum absolute atomic E-state index is 12.5. The molecule has 2 aliphatic rings. The molecule has 0 amide bonds. The van der Waals surface area contributed by atoms with Gasteiger partial charge in [-0.15, -0.1) is 0 Å². The fraction of sp³-hybridized carbons (Fsp3) is 0.615. The summed E-state index contributed by atoms with van der Waals surface area (Å²) in [5.41, 5.74) is 0.0723. The molecule has 1 aromatic heterocycles. The number of carboxylic acid groups (broad SMARTS) is 1. The van der Waals surface area contributed by atoms with Crippen LogP contribution in [0.4, 0.5) is 0 Å². The van der Waals surface area contributed by atoms with Crippen molar-refractivity contribution in [3.8, 4) is 0 Å². The molecule has 1 saturated heterocycles. The Hall–Kier alpha value is -1.34. The van der Waals surface area contributed by atoms with Crippen LogP contribution in [0.3, 0.4) is 0 Å².